The van der Waals surface area contributed by atoms with Crippen molar-refractivity contribution in [2.24, 2.45) is 5.41 Å². The summed E-state index contributed by atoms with van der Waals surface area (Å²) >= 11 is 0. The van der Waals surface area contributed by atoms with E-state index in [9.17, 15) is 19.6 Å². The van der Waals surface area contributed by atoms with Gasteiger partial charge in [0.1, 0.15) is 5.69 Å². The molecule has 2 heterocycles. The number of hydrogen-bond acceptors (Lipinski definition) is 6. The first kappa shape index (κ1) is 20.3. The molecule has 10 heteroatoms. The van der Waals surface area contributed by atoms with E-state index in [1.165, 1.54) is 12.1 Å². The monoisotopic (exact) mass is 442 g/mol. The Morgan fingerprint density at radius 1 is 1.12 bits per heavy atom. The molecule has 1 aliphatic carbocycles. The second kappa shape index (κ2) is 7.49. The van der Waals surface area contributed by atoms with Gasteiger partial charge < -0.3 is 15.6 Å². The molecular formula is C23H18N6O4. The number of nitrogens with one attached hydrogen (secondary N) is 4. The van der Waals surface area contributed by atoms with E-state index < -0.39 is 11.7 Å². The minimum Gasteiger partial charge on any atom is -0.349 e. The predicted molar refractivity (Wildman–Crippen MR) is 119 cm³/mol. The van der Waals surface area contributed by atoms with Crippen LogP contribution in [-0.2, 0) is 4.79 Å². The Balaban J connectivity index is 1.45. The summed E-state index contributed by atoms with van der Waals surface area (Å²) in [5.41, 5.74) is 2.16. The van der Waals surface area contributed by atoms with E-state index in [-0.39, 0.29) is 22.8 Å². The predicted octanol–water partition coefficient (Wildman–Crippen LogP) is 3.37. The van der Waals surface area contributed by atoms with E-state index in [4.69, 9.17) is 0 Å². The smallest absolute Gasteiger partial charge is 0.349 e. The van der Waals surface area contributed by atoms with Crippen LogP contribution < -0.4 is 16.4 Å². The van der Waals surface area contributed by atoms with Crippen LogP contribution >= 0.6 is 0 Å². The van der Waals surface area contributed by atoms with Gasteiger partial charge in [-0.1, -0.05) is 24.2 Å². The third-order valence-electron chi connectivity index (χ3n) is 5.79. The number of carbonyl (C=O) groups excluding carboxylic acids is 2. The highest BCUT2D eigenvalue weighted by molar-refractivity contribution is 6.10. The van der Waals surface area contributed by atoms with E-state index in [1.807, 2.05) is 25.1 Å². The molecule has 4 aromatic rings. The van der Waals surface area contributed by atoms with Crippen LogP contribution in [0, 0.1) is 16.7 Å². The number of anilines is 2. The lowest BCUT2D eigenvalue weighted by Gasteiger charge is -2.10. The lowest BCUT2D eigenvalue weighted by molar-refractivity contribution is -0.120. The molecule has 0 radical (unpaired) electrons. The molecule has 0 spiro atoms. The highest BCUT2D eigenvalue weighted by Crippen LogP contribution is 2.46. The van der Waals surface area contributed by atoms with Crippen LogP contribution in [0.3, 0.4) is 0 Å². The van der Waals surface area contributed by atoms with E-state index in [2.05, 4.69) is 30.3 Å². The Hall–Kier alpha value is -4.65. The van der Waals surface area contributed by atoms with Gasteiger partial charge in [-0.15, -0.1) is 0 Å². The molecule has 1 saturated carbocycles. The summed E-state index contributed by atoms with van der Waals surface area (Å²) in [5.74, 6) is -1.16. The van der Waals surface area contributed by atoms with Crippen LogP contribution in [0.25, 0.3) is 22.3 Å². The second-order valence-corrected chi connectivity index (χ2v) is 8.24. The number of aromatic nitrogens is 3. The minimum atomic E-state index is -0.755. The number of hydrogen-bond donors (Lipinski definition) is 4. The zero-order chi connectivity index (χ0) is 23.2. The van der Waals surface area contributed by atoms with Crippen molar-refractivity contribution in [3.05, 3.63) is 64.3 Å². The fourth-order valence-electron chi connectivity index (χ4n) is 3.52. The zero-order valence-electron chi connectivity index (χ0n) is 17.5. The largest absolute Gasteiger partial charge is 0.439 e. The molecule has 10 nitrogen and oxygen atoms in total. The van der Waals surface area contributed by atoms with Gasteiger partial charge in [0.15, 0.2) is 5.82 Å². The Kier molecular flexibility index (Phi) is 4.60. The fraction of sp³-hybridized carbons (Fsp3) is 0.174. The van der Waals surface area contributed by atoms with Crippen LogP contribution in [0.2, 0.25) is 0 Å². The number of benzene rings is 2. The third-order valence-corrected chi connectivity index (χ3v) is 5.79. The van der Waals surface area contributed by atoms with Crippen molar-refractivity contribution < 1.29 is 14.1 Å². The Morgan fingerprint density at radius 2 is 1.94 bits per heavy atom. The molecule has 4 N–H and O–H groups in total. The van der Waals surface area contributed by atoms with Gasteiger partial charge in [-0.2, -0.15) is 5.26 Å². The standard InChI is InChI=1S/C23H18N6O4/c1-23(7-8-23)21(31)27-16-4-2-3-13-10-17(25-18(13)16)20(30)26-15-6-5-12(11-24)9-14(15)19-28-22(32)33-29-19/h2-6,9-10,25H,7-8H2,1H3,(H,26,30)(H,27,31)(H,28,29,32). The average Bonchev–Trinajstić information content (AvgIpc) is 3.21. The summed E-state index contributed by atoms with van der Waals surface area (Å²) in [7, 11) is 0. The van der Waals surface area contributed by atoms with Crippen molar-refractivity contribution in [2.75, 3.05) is 10.6 Å². The number of nitriles is 1. The molecule has 2 aromatic heterocycles. The van der Waals surface area contributed by atoms with Crippen molar-refractivity contribution in [3.8, 4) is 17.5 Å². The van der Waals surface area contributed by atoms with Gasteiger partial charge in [0.2, 0.25) is 5.91 Å². The van der Waals surface area contributed by atoms with Crippen molar-refractivity contribution in [1.82, 2.24) is 15.1 Å². The van der Waals surface area contributed by atoms with Gasteiger partial charge in [0.25, 0.3) is 5.91 Å². The topological polar surface area (TPSA) is 157 Å². The van der Waals surface area contributed by atoms with Crippen LogP contribution in [0.5, 0.6) is 0 Å². The molecular weight excluding hydrogens is 424 g/mol. The summed E-state index contributed by atoms with van der Waals surface area (Å²) in [6.07, 6.45) is 1.72. The summed E-state index contributed by atoms with van der Waals surface area (Å²) in [6.45, 7) is 1.92. The molecule has 5 rings (SSSR count). The highest BCUT2D eigenvalue weighted by atomic mass is 16.5. The molecule has 1 fully saturated rings. The highest BCUT2D eigenvalue weighted by Gasteiger charge is 2.45. The van der Waals surface area contributed by atoms with Gasteiger partial charge >= 0.3 is 5.76 Å². The molecule has 1 aliphatic rings. The SMILES string of the molecule is CC1(C(=O)Nc2cccc3cc(C(=O)Nc4ccc(C#N)cc4-c4noc(=O)[nH]4)[nH]c23)CC1. The number of rotatable bonds is 5. The molecule has 164 valence electrons. The van der Waals surface area contributed by atoms with E-state index >= 15 is 0 Å². The number of amides is 2. The molecule has 0 atom stereocenters. The number of carbonyl (C=O) groups is 2. The molecule has 2 aromatic carbocycles. The summed E-state index contributed by atoms with van der Waals surface area (Å²) in [5, 5.41) is 19.3. The van der Waals surface area contributed by atoms with Crippen LogP contribution in [0.4, 0.5) is 11.4 Å². The van der Waals surface area contributed by atoms with Crippen molar-refractivity contribution in [3.63, 3.8) is 0 Å². The number of fused-ring (bicyclic) bond motifs is 1. The lowest BCUT2D eigenvalue weighted by Crippen LogP contribution is -2.21. The first-order valence-electron chi connectivity index (χ1n) is 10.2. The van der Waals surface area contributed by atoms with Crippen LogP contribution in [-0.4, -0.2) is 26.9 Å². The zero-order valence-corrected chi connectivity index (χ0v) is 17.5. The molecule has 0 unspecified atom stereocenters. The van der Waals surface area contributed by atoms with Crippen LogP contribution in [0.15, 0.2) is 51.8 Å². The maximum absolute atomic E-state index is 13.0. The van der Waals surface area contributed by atoms with Gasteiger partial charge in [-0.3, -0.25) is 19.1 Å². The van der Waals surface area contributed by atoms with E-state index in [1.54, 1.807) is 18.2 Å². The first-order valence-corrected chi connectivity index (χ1v) is 10.2. The van der Waals surface area contributed by atoms with Crippen molar-refractivity contribution in [1.29, 1.82) is 5.26 Å². The summed E-state index contributed by atoms with van der Waals surface area (Å²) in [6, 6.07) is 13.7. The second-order valence-electron chi connectivity index (χ2n) is 8.24. The fourth-order valence-corrected chi connectivity index (χ4v) is 3.52. The summed E-state index contributed by atoms with van der Waals surface area (Å²) < 4.78 is 4.55. The molecule has 0 saturated heterocycles. The molecule has 0 aliphatic heterocycles. The Morgan fingerprint density at radius 3 is 2.64 bits per heavy atom. The van der Waals surface area contributed by atoms with Gasteiger partial charge in [0.05, 0.1) is 28.5 Å². The van der Waals surface area contributed by atoms with Gasteiger partial charge in [-0.25, -0.2) is 4.79 Å². The van der Waals surface area contributed by atoms with Crippen molar-refractivity contribution in [2.45, 2.75) is 19.8 Å². The minimum absolute atomic E-state index is 0.0422. The maximum Gasteiger partial charge on any atom is 0.439 e. The third kappa shape index (κ3) is 3.76. The normalized spacial score (nSPS) is 13.9. The average molecular weight is 442 g/mol. The van der Waals surface area contributed by atoms with Gasteiger partial charge in [-0.05, 0) is 43.2 Å². The Bertz CT molecular complexity index is 1520. The molecule has 0 bridgehead atoms. The first-order chi connectivity index (χ1) is 15.9. The number of nitrogens with zero attached hydrogens (tertiary/aromatic N) is 2. The maximum atomic E-state index is 13.0. The number of H-pyrrole nitrogens is 2. The van der Waals surface area contributed by atoms with Crippen LogP contribution in [0.1, 0.15) is 35.8 Å². The quantitative estimate of drug-likeness (QED) is 0.371. The number of para-hydroxylation sites is 1. The Labute approximate surface area is 186 Å². The van der Waals surface area contributed by atoms with E-state index in [0.29, 0.717) is 28.0 Å². The summed E-state index contributed by atoms with van der Waals surface area (Å²) in [4.78, 5) is 42.4. The van der Waals surface area contributed by atoms with Gasteiger partial charge in [0, 0.05) is 16.4 Å². The van der Waals surface area contributed by atoms with Crippen molar-refractivity contribution >= 4 is 34.1 Å². The lowest BCUT2D eigenvalue weighted by atomic mass is 10.1. The van der Waals surface area contributed by atoms with E-state index in [0.717, 1.165) is 18.2 Å². The molecule has 33 heavy (non-hydrogen) atoms. The molecule has 2 amide bonds. The number of aromatic amines is 2.